The smallest absolute Gasteiger partial charge is 0.346 e. The van der Waals surface area contributed by atoms with E-state index in [1.165, 1.54) is 31.2 Å². The van der Waals surface area contributed by atoms with E-state index in [2.05, 4.69) is 5.32 Å². The normalized spacial score (nSPS) is 17.5. The zero-order valence-corrected chi connectivity index (χ0v) is 17.4. The second-order valence-electron chi connectivity index (χ2n) is 8.15. The Morgan fingerprint density at radius 1 is 0.939 bits per heavy atom. The Morgan fingerprint density at radius 2 is 1.45 bits per heavy atom. The summed E-state index contributed by atoms with van der Waals surface area (Å²) in [4.78, 5) is 24.8. The van der Waals surface area contributed by atoms with Crippen molar-refractivity contribution in [2.75, 3.05) is 0 Å². The molecule has 0 radical (unpaired) electrons. The molecule has 0 bridgehead atoms. The van der Waals surface area contributed by atoms with Crippen LogP contribution in [0.5, 0.6) is 0 Å². The second-order valence-corrected chi connectivity index (χ2v) is 8.15. The summed E-state index contributed by atoms with van der Waals surface area (Å²) in [5, 5.41) is 2.63. The fraction of sp³-hybridized carbons (Fsp3) is 0.391. The quantitative estimate of drug-likeness (QED) is 0.542. The van der Waals surface area contributed by atoms with Crippen molar-refractivity contribution >= 4 is 11.7 Å². The molecule has 3 nitrogen and oxygen atoms in total. The molecule has 2 aromatic rings. The van der Waals surface area contributed by atoms with Gasteiger partial charge in [-0.3, -0.25) is 9.59 Å². The van der Waals surface area contributed by atoms with Crippen molar-refractivity contribution in [3.8, 4) is 0 Å². The number of Topliss-reactive ketones (excluding diaryl/α,β-unsaturated/α-hetero) is 1. The van der Waals surface area contributed by atoms with Crippen molar-refractivity contribution in [1.29, 1.82) is 0 Å². The molecule has 0 spiro atoms. The molecule has 33 heavy (non-hydrogen) atoms. The maximum atomic E-state index is 14.6. The SMILES string of the molecule is CC(C(=O)NC1(c2ccccc2F)CCC(=O)CC1)c1cc(C(F)(F)F)cc(C(F)(F)F)c1. The van der Waals surface area contributed by atoms with Gasteiger partial charge in [-0.25, -0.2) is 4.39 Å². The lowest BCUT2D eigenvalue weighted by molar-refractivity contribution is -0.143. The molecule has 178 valence electrons. The van der Waals surface area contributed by atoms with E-state index in [9.17, 15) is 40.3 Å². The molecular formula is C23H20F7NO2. The average Bonchev–Trinajstić information content (AvgIpc) is 2.73. The summed E-state index contributed by atoms with van der Waals surface area (Å²) < 4.78 is 93.7. The second kappa shape index (κ2) is 8.79. The number of benzene rings is 2. The van der Waals surface area contributed by atoms with Gasteiger partial charge >= 0.3 is 12.4 Å². The average molecular weight is 475 g/mol. The van der Waals surface area contributed by atoms with Gasteiger partial charge in [-0.2, -0.15) is 26.3 Å². The summed E-state index contributed by atoms with van der Waals surface area (Å²) in [5.41, 5.74) is -4.74. The van der Waals surface area contributed by atoms with E-state index >= 15 is 0 Å². The van der Waals surface area contributed by atoms with Crippen molar-refractivity contribution in [1.82, 2.24) is 5.32 Å². The van der Waals surface area contributed by atoms with Gasteiger partial charge in [0.1, 0.15) is 11.6 Å². The van der Waals surface area contributed by atoms with Crippen LogP contribution in [-0.4, -0.2) is 11.7 Å². The Hall–Kier alpha value is -2.91. The van der Waals surface area contributed by atoms with E-state index < -0.39 is 52.2 Å². The highest BCUT2D eigenvalue weighted by molar-refractivity contribution is 5.85. The molecule has 1 aliphatic carbocycles. The van der Waals surface area contributed by atoms with Crippen LogP contribution in [0.4, 0.5) is 30.7 Å². The highest BCUT2D eigenvalue weighted by Crippen LogP contribution is 2.40. The number of alkyl halides is 6. The highest BCUT2D eigenvalue weighted by Gasteiger charge is 2.41. The molecule has 0 aromatic heterocycles. The Kier molecular flexibility index (Phi) is 6.59. The number of ketones is 1. The van der Waals surface area contributed by atoms with Gasteiger partial charge in [0.25, 0.3) is 0 Å². The Bertz CT molecular complexity index is 1020. The van der Waals surface area contributed by atoms with Gasteiger partial charge < -0.3 is 5.32 Å². The molecule has 1 aliphatic rings. The molecule has 10 heteroatoms. The summed E-state index contributed by atoms with van der Waals surface area (Å²) >= 11 is 0. The van der Waals surface area contributed by atoms with Crippen molar-refractivity contribution in [2.24, 2.45) is 0 Å². The minimum atomic E-state index is -5.05. The lowest BCUT2D eigenvalue weighted by Gasteiger charge is -2.39. The molecule has 3 rings (SSSR count). The molecular weight excluding hydrogens is 455 g/mol. The van der Waals surface area contributed by atoms with Gasteiger partial charge in [0.05, 0.1) is 22.6 Å². The predicted molar refractivity (Wildman–Crippen MR) is 105 cm³/mol. The first-order chi connectivity index (χ1) is 15.2. The van der Waals surface area contributed by atoms with Gasteiger partial charge in [-0.15, -0.1) is 0 Å². The summed E-state index contributed by atoms with van der Waals surface area (Å²) in [6.45, 7) is 1.17. The molecule has 1 unspecified atom stereocenters. The number of halogens is 7. The largest absolute Gasteiger partial charge is 0.416 e. The third kappa shape index (κ3) is 5.36. The Morgan fingerprint density at radius 3 is 1.94 bits per heavy atom. The minimum absolute atomic E-state index is 0.0122. The number of carbonyl (C=O) groups excluding carboxylic acids is 2. The van der Waals surface area contributed by atoms with Crippen LogP contribution in [0.3, 0.4) is 0 Å². The molecule has 1 atom stereocenters. The Labute approximate surface area is 185 Å². The number of hydrogen-bond donors (Lipinski definition) is 1. The van der Waals surface area contributed by atoms with E-state index in [4.69, 9.17) is 0 Å². The van der Waals surface area contributed by atoms with Crippen molar-refractivity contribution in [3.63, 3.8) is 0 Å². The lowest BCUT2D eigenvalue weighted by Crippen LogP contribution is -2.50. The monoisotopic (exact) mass is 475 g/mol. The fourth-order valence-corrected chi connectivity index (χ4v) is 3.99. The molecule has 1 saturated carbocycles. The van der Waals surface area contributed by atoms with Crippen LogP contribution in [0.25, 0.3) is 0 Å². The van der Waals surface area contributed by atoms with E-state index in [-0.39, 0.29) is 43.1 Å². The molecule has 0 saturated heterocycles. The molecule has 2 aromatic carbocycles. The van der Waals surface area contributed by atoms with Crippen LogP contribution in [0.2, 0.25) is 0 Å². The molecule has 1 fully saturated rings. The number of nitrogens with one attached hydrogen (secondary N) is 1. The molecule has 1 amide bonds. The predicted octanol–water partition coefficient (Wildman–Crippen LogP) is 6.12. The van der Waals surface area contributed by atoms with Crippen LogP contribution in [0.1, 0.15) is 60.8 Å². The van der Waals surface area contributed by atoms with E-state index in [1.807, 2.05) is 0 Å². The summed E-state index contributed by atoms with van der Waals surface area (Å²) in [6, 6.07) is 6.56. The summed E-state index contributed by atoms with van der Waals surface area (Å²) in [7, 11) is 0. The van der Waals surface area contributed by atoms with Crippen LogP contribution in [-0.2, 0) is 27.5 Å². The van der Waals surface area contributed by atoms with Crippen LogP contribution in [0, 0.1) is 5.82 Å². The summed E-state index contributed by atoms with van der Waals surface area (Å²) in [6.07, 6.45) is -9.90. The first-order valence-corrected chi connectivity index (χ1v) is 10.1. The number of amides is 1. The third-order valence-electron chi connectivity index (χ3n) is 5.92. The van der Waals surface area contributed by atoms with Gasteiger partial charge in [-0.1, -0.05) is 18.2 Å². The van der Waals surface area contributed by atoms with Crippen LogP contribution >= 0.6 is 0 Å². The van der Waals surface area contributed by atoms with Crippen molar-refractivity contribution < 1.29 is 40.3 Å². The van der Waals surface area contributed by atoms with Crippen molar-refractivity contribution in [2.45, 2.75) is 56.4 Å². The van der Waals surface area contributed by atoms with Crippen LogP contribution < -0.4 is 5.32 Å². The number of hydrogen-bond acceptors (Lipinski definition) is 2. The number of carbonyl (C=O) groups is 2. The van der Waals surface area contributed by atoms with Crippen LogP contribution in [0.15, 0.2) is 42.5 Å². The van der Waals surface area contributed by atoms with Gasteiger partial charge in [-0.05, 0) is 49.6 Å². The lowest BCUT2D eigenvalue weighted by atomic mass is 9.75. The van der Waals surface area contributed by atoms with E-state index in [1.54, 1.807) is 0 Å². The first kappa shape index (κ1) is 24.7. The molecule has 0 aliphatic heterocycles. The zero-order chi connectivity index (χ0) is 24.6. The number of rotatable bonds is 4. The van der Waals surface area contributed by atoms with E-state index in [0.717, 1.165) is 0 Å². The Balaban J connectivity index is 1.99. The van der Waals surface area contributed by atoms with Gasteiger partial charge in [0.2, 0.25) is 5.91 Å². The topological polar surface area (TPSA) is 46.2 Å². The van der Waals surface area contributed by atoms with Gasteiger partial charge in [0, 0.05) is 18.4 Å². The van der Waals surface area contributed by atoms with E-state index in [0.29, 0.717) is 12.1 Å². The third-order valence-corrected chi connectivity index (χ3v) is 5.92. The maximum Gasteiger partial charge on any atom is 0.416 e. The highest BCUT2D eigenvalue weighted by atomic mass is 19.4. The first-order valence-electron chi connectivity index (χ1n) is 10.1. The van der Waals surface area contributed by atoms with Gasteiger partial charge in [0.15, 0.2) is 0 Å². The fourth-order valence-electron chi connectivity index (χ4n) is 3.99. The minimum Gasteiger partial charge on any atom is -0.346 e. The van der Waals surface area contributed by atoms with Crippen molar-refractivity contribution in [3.05, 3.63) is 70.5 Å². The standard InChI is InChI=1S/C23H20F7NO2/c1-13(14-10-15(22(25,26)27)12-16(11-14)23(28,29)30)20(33)31-21(8-6-17(32)7-9-21)18-4-2-3-5-19(18)24/h2-5,10-13H,6-9H2,1H3,(H,31,33). The molecule has 1 N–H and O–H groups in total. The zero-order valence-electron chi connectivity index (χ0n) is 17.4. The summed E-state index contributed by atoms with van der Waals surface area (Å²) in [5.74, 6) is -3.01. The maximum absolute atomic E-state index is 14.6. The molecule has 0 heterocycles.